The molecule has 0 aliphatic carbocycles. The van der Waals surface area contributed by atoms with Crippen LogP contribution in [0.4, 0.5) is 42.1 Å². The maximum atomic E-state index is 13.7. The largest absolute Gasteiger partial charge is 0.421 e. The standard InChI is InChI=1S/C21H21F3N8O3S/c1-11-8-26-19(32(2)36(3,34)35)15(28-11)10-25-18-13(21(22,23)24)9-27-20(31-18)29-14-6-4-5-12-7-16(33)30-17(12)14/h4-6,8-9H,7,10H2,1-3H3,(H,30,33)(H2,25,27,29,31). The predicted octanol–water partition coefficient (Wildman–Crippen LogP) is 2.84. The third kappa shape index (κ3) is 5.30. The van der Waals surface area contributed by atoms with E-state index in [-0.39, 0.29) is 36.3 Å². The molecule has 1 aromatic carbocycles. The second-order valence-corrected chi connectivity index (χ2v) is 10.0. The molecule has 36 heavy (non-hydrogen) atoms. The molecule has 0 saturated heterocycles. The Morgan fingerprint density at radius 2 is 1.92 bits per heavy atom. The van der Waals surface area contributed by atoms with Gasteiger partial charge in [0.2, 0.25) is 21.9 Å². The first-order valence-corrected chi connectivity index (χ1v) is 12.3. The Morgan fingerprint density at radius 1 is 1.17 bits per heavy atom. The fourth-order valence-corrected chi connectivity index (χ4v) is 3.95. The minimum Gasteiger partial charge on any atom is -0.364 e. The van der Waals surface area contributed by atoms with Gasteiger partial charge in [-0.1, -0.05) is 12.1 Å². The third-order valence-electron chi connectivity index (χ3n) is 5.27. The summed E-state index contributed by atoms with van der Waals surface area (Å²) in [4.78, 5) is 27.8. The van der Waals surface area contributed by atoms with Crippen molar-refractivity contribution in [2.24, 2.45) is 0 Å². The molecule has 0 spiro atoms. The molecule has 0 unspecified atom stereocenters. The van der Waals surface area contributed by atoms with Gasteiger partial charge in [-0.3, -0.25) is 14.1 Å². The molecular formula is C21H21F3N8O3S. The van der Waals surface area contributed by atoms with E-state index in [9.17, 15) is 26.4 Å². The Morgan fingerprint density at radius 3 is 2.61 bits per heavy atom. The van der Waals surface area contributed by atoms with Crippen molar-refractivity contribution in [3.63, 3.8) is 0 Å². The first-order valence-electron chi connectivity index (χ1n) is 10.5. The number of amides is 1. The highest BCUT2D eigenvalue weighted by molar-refractivity contribution is 7.92. The zero-order chi connectivity index (χ0) is 26.3. The molecule has 3 heterocycles. The van der Waals surface area contributed by atoms with Gasteiger partial charge in [-0.05, 0) is 18.6 Å². The smallest absolute Gasteiger partial charge is 0.364 e. The van der Waals surface area contributed by atoms with Crippen LogP contribution in [0.5, 0.6) is 0 Å². The molecule has 3 aromatic rings. The maximum Gasteiger partial charge on any atom is 0.421 e. The summed E-state index contributed by atoms with van der Waals surface area (Å²) in [7, 11) is -2.43. The molecule has 0 atom stereocenters. The van der Waals surface area contributed by atoms with Gasteiger partial charge < -0.3 is 16.0 Å². The molecule has 0 bridgehead atoms. The van der Waals surface area contributed by atoms with Crippen molar-refractivity contribution in [3.8, 4) is 0 Å². The minimum atomic E-state index is -4.77. The summed E-state index contributed by atoms with van der Waals surface area (Å²) in [6, 6.07) is 5.09. The van der Waals surface area contributed by atoms with Crippen molar-refractivity contribution in [2.75, 3.05) is 33.6 Å². The number of aromatic nitrogens is 4. The summed E-state index contributed by atoms with van der Waals surface area (Å²) in [6.07, 6.45) is -1.63. The molecule has 15 heteroatoms. The van der Waals surface area contributed by atoms with Crippen molar-refractivity contribution >= 4 is 44.9 Å². The van der Waals surface area contributed by atoms with E-state index < -0.39 is 27.6 Å². The fraction of sp³-hybridized carbons (Fsp3) is 0.286. The lowest BCUT2D eigenvalue weighted by molar-refractivity contribution is -0.137. The van der Waals surface area contributed by atoms with Gasteiger partial charge in [-0.25, -0.2) is 18.4 Å². The Kier molecular flexibility index (Phi) is 6.43. The van der Waals surface area contributed by atoms with Crippen molar-refractivity contribution in [2.45, 2.75) is 26.1 Å². The highest BCUT2D eigenvalue weighted by Crippen LogP contribution is 2.36. The number of anilines is 5. The van der Waals surface area contributed by atoms with E-state index in [0.29, 0.717) is 23.3 Å². The Labute approximate surface area is 204 Å². The zero-order valence-corrected chi connectivity index (χ0v) is 20.1. The molecule has 190 valence electrons. The molecular weight excluding hydrogens is 501 g/mol. The van der Waals surface area contributed by atoms with E-state index in [1.165, 1.54) is 13.2 Å². The van der Waals surface area contributed by atoms with Crippen LogP contribution in [0, 0.1) is 6.92 Å². The number of nitrogens with one attached hydrogen (secondary N) is 3. The van der Waals surface area contributed by atoms with Crippen LogP contribution in [0.15, 0.2) is 30.6 Å². The number of para-hydroxylation sites is 1. The van der Waals surface area contributed by atoms with Crippen LogP contribution in [-0.4, -0.2) is 47.6 Å². The molecule has 1 amide bonds. The van der Waals surface area contributed by atoms with Crippen molar-refractivity contribution < 1.29 is 26.4 Å². The van der Waals surface area contributed by atoms with E-state index in [0.717, 1.165) is 16.1 Å². The van der Waals surface area contributed by atoms with Crippen LogP contribution in [-0.2, 0) is 34.0 Å². The number of hydrogen-bond donors (Lipinski definition) is 3. The van der Waals surface area contributed by atoms with Gasteiger partial charge in [0.05, 0.1) is 42.5 Å². The lowest BCUT2D eigenvalue weighted by Gasteiger charge is -2.20. The van der Waals surface area contributed by atoms with E-state index in [1.807, 2.05) is 0 Å². The normalized spacial score (nSPS) is 13.2. The van der Waals surface area contributed by atoms with E-state index in [2.05, 4.69) is 35.9 Å². The van der Waals surface area contributed by atoms with Gasteiger partial charge in [0.25, 0.3) is 0 Å². The fourth-order valence-electron chi connectivity index (χ4n) is 3.49. The summed E-state index contributed by atoms with van der Waals surface area (Å²) in [6.45, 7) is 1.31. The summed E-state index contributed by atoms with van der Waals surface area (Å²) >= 11 is 0. The number of halogens is 3. The van der Waals surface area contributed by atoms with Crippen LogP contribution >= 0.6 is 0 Å². The van der Waals surface area contributed by atoms with Crippen LogP contribution in [0.1, 0.15) is 22.5 Å². The number of benzene rings is 1. The van der Waals surface area contributed by atoms with E-state index in [1.54, 1.807) is 25.1 Å². The Balaban J connectivity index is 1.66. The second kappa shape index (κ2) is 9.22. The number of carbonyl (C=O) groups is 1. The maximum absolute atomic E-state index is 13.7. The lowest BCUT2D eigenvalue weighted by Crippen LogP contribution is -2.28. The van der Waals surface area contributed by atoms with Gasteiger partial charge in [-0.2, -0.15) is 18.2 Å². The molecule has 0 radical (unpaired) electrons. The van der Waals surface area contributed by atoms with Crippen LogP contribution in [0.2, 0.25) is 0 Å². The molecule has 2 aromatic heterocycles. The number of nitrogens with zero attached hydrogens (tertiary/aromatic N) is 5. The van der Waals surface area contributed by atoms with Gasteiger partial charge in [0.15, 0.2) is 5.82 Å². The first kappa shape index (κ1) is 25.1. The summed E-state index contributed by atoms with van der Waals surface area (Å²) in [5, 5.41) is 8.13. The second-order valence-electron chi connectivity index (χ2n) is 8.01. The third-order valence-corrected chi connectivity index (χ3v) is 6.44. The highest BCUT2D eigenvalue weighted by Gasteiger charge is 2.35. The molecule has 4 rings (SSSR count). The summed E-state index contributed by atoms with van der Waals surface area (Å²) in [5.41, 5.74) is 1.08. The quantitative estimate of drug-likeness (QED) is 0.427. The first-order chi connectivity index (χ1) is 16.8. The molecule has 11 nitrogen and oxygen atoms in total. The molecule has 0 saturated carbocycles. The Bertz CT molecular complexity index is 1450. The molecule has 3 N–H and O–H groups in total. The van der Waals surface area contributed by atoms with Crippen LogP contribution < -0.4 is 20.3 Å². The molecule has 0 fully saturated rings. The van der Waals surface area contributed by atoms with Crippen molar-refractivity contribution in [1.29, 1.82) is 0 Å². The monoisotopic (exact) mass is 522 g/mol. The average Bonchev–Trinajstić information content (AvgIpc) is 3.17. The number of carbonyl (C=O) groups excluding carboxylic acids is 1. The summed E-state index contributed by atoms with van der Waals surface area (Å²) in [5.74, 6) is -0.937. The zero-order valence-electron chi connectivity index (χ0n) is 19.3. The van der Waals surface area contributed by atoms with Crippen LogP contribution in [0.25, 0.3) is 0 Å². The lowest BCUT2D eigenvalue weighted by atomic mass is 10.1. The number of rotatable bonds is 7. The summed E-state index contributed by atoms with van der Waals surface area (Å²) < 4.78 is 65.9. The number of hydrogen-bond acceptors (Lipinski definition) is 9. The highest BCUT2D eigenvalue weighted by atomic mass is 32.2. The number of alkyl halides is 3. The minimum absolute atomic E-state index is 0.0350. The topological polar surface area (TPSA) is 142 Å². The van der Waals surface area contributed by atoms with Gasteiger partial charge in [0, 0.05) is 13.2 Å². The number of sulfonamides is 1. The van der Waals surface area contributed by atoms with Gasteiger partial charge in [0.1, 0.15) is 17.1 Å². The number of fused-ring (bicyclic) bond motifs is 1. The Hall–Kier alpha value is -4.01. The predicted molar refractivity (Wildman–Crippen MR) is 126 cm³/mol. The van der Waals surface area contributed by atoms with Crippen LogP contribution in [0.3, 0.4) is 0 Å². The van der Waals surface area contributed by atoms with Gasteiger partial charge in [-0.15, -0.1) is 0 Å². The SMILES string of the molecule is Cc1cnc(N(C)S(C)(=O)=O)c(CNc2nc(Nc3cccc4c3NC(=O)C4)ncc2C(F)(F)F)n1. The van der Waals surface area contributed by atoms with Crippen molar-refractivity contribution in [1.82, 2.24) is 19.9 Å². The van der Waals surface area contributed by atoms with E-state index in [4.69, 9.17) is 0 Å². The molecule has 1 aliphatic rings. The van der Waals surface area contributed by atoms with Gasteiger partial charge >= 0.3 is 6.18 Å². The van der Waals surface area contributed by atoms with E-state index >= 15 is 0 Å². The molecule has 1 aliphatic heterocycles. The number of aryl methyl sites for hydroxylation is 1. The average molecular weight is 523 g/mol. The van der Waals surface area contributed by atoms with Crippen molar-refractivity contribution in [3.05, 3.63) is 53.1 Å².